The molecule has 0 saturated carbocycles. The van der Waals surface area contributed by atoms with Gasteiger partial charge in [0.25, 0.3) is 5.91 Å². The van der Waals surface area contributed by atoms with E-state index in [4.69, 9.17) is 0 Å². The third-order valence-corrected chi connectivity index (χ3v) is 3.61. The molecule has 4 rings (SSSR count). The fraction of sp³-hybridized carbons (Fsp3) is 0. The van der Waals surface area contributed by atoms with Crippen molar-refractivity contribution in [1.82, 2.24) is 15.0 Å². The number of anilines is 1. The summed E-state index contributed by atoms with van der Waals surface area (Å²) < 4.78 is 0. The number of aromatic nitrogens is 3. The van der Waals surface area contributed by atoms with Crippen molar-refractivity contribution in [3.05, 3.63) is 66.5 Å². The van der Waals surface area contributed by atoms with E-state index in [1.807, 2.05) is 36.5 Å². The molecule has 1 aliphatic heterocycles. The van der Waals surface area contributed by atoms with E-state index >= 15 is 0 Å². The summed E-state index contributed by atoms with van der Waals surface area (Å²) in [7, 11) is 0. The molecule has 0 bridgehead atoms. The molecule has 0 radical (unpaired) electrons. The van der Waals surface area contributed by atoms with Gasteiger partial charge in [0.1, 0.15) is 0 Å². The maximum absolute atomic E-state index is 12.2. The Labute approximate surface area is 126 Å². The number of H-pyrrole nitrogens is 1. The van der Waals surface area contributed by atoms with Crippen LogP contribution in [0.25, 0.3) is 22.8 Å². The molecule has 1 aliphatic rings. The molecule has 0 unspecified atom stereocenters. The van der Waals surface area contributed by atoms with Crippen molar-refractivity contribution >= 4 is 23.2 Å². The van der Waals surface area contributed by atoms with Crippen molar-refractivity contribution in [1.29, 1.82) is 0 Å². The number of nitrogens with zero attached hydrogens (tertiary/aromatic N) is 2. The van der Waals surface area contributed by atoms with E-state index in [0.29, 0.717) is 5.57 Å². The highest BCUT2D eigenvalue weighted by atomic mass is 16.2. The topological polar surface area (TPSA) is 70.7 Å². The van der Waals surface area contributed by atoms with Crippen molar-refractivity contribution in [3.8, 4) is 11.1 Å². The summed E-state index contributed by atoms with van der Waals surface area (Å²) in [5.74, 6) is -0.110. The van der Waals surface area contributed by atoms with E-state index in [9.17, 15) is 4.79 Å². The first-order valence-electron chi connectivity index (χ1n) is 6.88. The second kappa shape index (κ2) is 4.96. The minimum atomic E-state index is -0.110. The second-order valence-electron chi connectivity index (χ2n) is 5.01. The average molecular weight is 288 g/mol. The molecule has 2 aromatic heterocycles. The van der Waals surface area contributed by atoms with E-state index in [1.54, 1.807) is 24.8 Å². The number of benzene rings is 1. The Bertz CT molecular complexity index is 867. The van der Waals surface area contributed by atoms with Crippen molar-refractivity contribution in [3.63, 3.8) is 0 Å². The Morgan fingerprint density at radius 1 is 1.14 bits per heavy atom. The van der Waals surface area contributed by atoms with Gasteiger partial charge >= 0.3 is 0 Å². The first-order chi connectivity index (χ1) is 10.8. The number of fused-ring (bicyclic) bond motifs is 1. The first-order valence-corrected chi connectivity index (χ1v) is 6.88. The SMILES string of the molecule is O=C1Nc2ccc(-c3cccnc3)cc2C1=Cc1c[nH]cn1. The molecule has 2 N–H and O–H groups in total. The predicted octanol–water partition coefficient (Wildman–Crippen LogP) is 2.96. The zero-order valence-electron chi connectivity index (χ0n) is 11.6. The number of pyridine rings is 1. The summed E-state index contributed by atoms with van der Waals surface area (Å²) in [6.07, 6.45) is 8.67. The number of rotatable bonds is 2. The molecule has 0 fully saturated rings. The van der Waals surface area contributed by atoms with Gasteiger partial charge in [0.2, 0.25) is 0 Å². The largest absolute Gasteiger partial charge is 0.351 e. The van der Waals surface area contributed by atoms with Crippen LogP contribution in [0.3, 0.4) is 0 Å². The quantitative estimate of drug-likeness (QED) is 0.712. The van der Waals surface area contributed by atoms with Gasteiger partial charge in [0.05, 0.1) is 17.6 Å². The minimum Gasteiger partial charge on any atom is -0.351 e. The van der Waals surface area contributed by atoms with Crippen molar-refractivity contribution in [2.45, 2.75) is 0 Å². The Hall–Kier alpha value is -3.21. The Kier molecular flexibility index (Phi) is 2.83. The fourth-order valence-electron chi connectivity index (χ4n) is 2.54. The number of hydrogen-bond acceptors (Lipinski definition) is 3. The minimum absolute atomic E-state index is 0.110. The standard InChI is InChI=1S/C17H12N4O/c22-17-15(7-13-9-19-10-20-13)14-6-11(3-4-16(14)21-17)12-2-1-5-18-8-12/h1-10H,(H,19,20)(H,21,22). The molecule has 22 heavy (non-hydrogen) atoms. The van der Waals surface area contributed by atoms with Crippen LogP contribution in [-0.2, 0) is 4.79 Å². The lowest BCUT2D eigenvalue weighted by atomic mass is 10.00. The Morgan fingerprint density at radius 3 is 2.86 bits per heavy atom. The summed E-state index contributed by atoms with van der Waals surface area (Å²) in [4.78, 5) is 23.3. The highest BCUT2D eigenvalue weighted by Crippen LogP contribution is 2.35. The zero-order chi connectivity index (χ0) is 14.9. The molecule has 1 amide bonds. The van der Waals surface area contributed by atoms with Gasteiger partial charge in [-0.15, -0.1) is 0 Å². The van der Waals surface area contributed by atoms with Crippen LogP contribution >= 0.6 is 0 Å². The van der Waals surface area contributed by atoms with E-state index < -0.39 is 0 Å². The van der Waals surface area contributed by atoms with Gasteiger partial charge in [0.15, 0.2) is 0 Å². The normalized spacial score (nSPS) is 14.9. The predicted molar refractivity (Wildman–Crippen MR) is 84.8 cm³/mol. The van der Waals surface area contributed by atoms with Crippen LogP contribution < -0.4 is 5.32 Å². The molecule has 0 aliphatic carbocycles. The van der Waals surface area contributed by atoms with Gasteiger partial charge in [-0.25, -0.2) is 4.98 Å². The highest BCUT2D eigenvalue weighted by molar-refractivity contribution is 6.35. The highest BCUT2D eigenvalue weighted by Gasteiger charge is 2.24. The van der Waals surface area contributed by atoms with Crippen LogP contribution in [0.1, 0.15) is 11.3 Å². The fourth-order valence-corrected chi connectivity index (χ4v) is 2.54. The number of amides is 1. The lowest BCUT2D eigenvalue weighted by molar-refractivity contribution is -0.110. The molecular formula is C17H12N4O. The number of aromatic amines is 1. The summed E-state index contributed by atoms with van der Waals surface area (Å²) in [5, 5.41) is 2.88. The van der Waals surface area contributed by atoms with Crippen LogP contribution in [0.2, 0.25) is 0 Å². The molecule has 0 saturated heterocycles. The van der Waals surface area contributed by atoms with Crippen molar-refractivity contribution < 1.29 is 4.79 Å². The number of carbonyl (C=O) groups excluding carboxylic acids is 1. The number of imidazole rings is 1. The maximum Gasteiger partial charge on any atom is 0.256 e. The van der Waals surface area contributed by atoms with Gasteiger partial charge in [0, 0.05) is 35.4 Å². The molecule has 0 spiro atoms. The summed E-state index contributed by atoms with van der Waals surface area (Å²) in [5.41, 5.74) is 5.09. The molecule has 106 valence electrons. The van der Waals surface area contributed by atoms with Gasteiger partial charge in [-0.1, -0.05) is 12.1 Å². The zero-order valence-corrected chi connectivity index (χ0v) is 11.6. The van der Waals surface area contributed by atoms with Crippen LogP contribution in [0.4, 0.5) is 5.69 Å². The average Bonchev–Trinajstić information content (AvgIpc) is 3.17. The van der Waals surface area contributed by atoms with Gasteiger partial charge < -0.3 is 10.3 Å². The number of carbonyl (C=O) groups is 1. The van der Waals surface area contributed by atoms with Gasteiger partial charge in [-0.2, -0.15) is 0 Å². The molecule has 0 atom stereocenters. The second-order valence-corrected chi connectivity index (χ2v) is 5.01. The van der Waals surface area contributed by atoms with Crippen molar-refractivity contribution in [2.75, 3.05) is 5.32 Å². The van der Waals surface area contributed by atoms with Crippen molar-refractivity contribution in [2.24, 2.45) is 0 Å². The van der Waals surface area contributed by atoms with Gasteiger partial charge in [-0.3, -0.25) is 9.78 Å². The third-order valence-electron chi connectivity index (χ3n) is 3.61. The van der Waals surface area contributed by atoms with Crippen LogP contribution in [0.15, 0.2) is 55.2 Å². The monoisotopic (exact) mass is 288 g/mol. The Balaban J connectivity index is 1.83. The Morgan fingerprint density at radius 2 is 2.09 bits per heavy atom. The molecule has 1 aromatic carbocycles. The molecule has 3 aromatic rings. The lowest BCUT2D eigenvalue weighted by Crippen LogP contribution is -2.03. The molecule has 3 heterocycles. The van der Waals surface area contributed by atoms with E-state index in [1.165, 1.54) is 0 Å². The van der Waals surface area contributed by atoms with E-state index in [2.05, 4.69) is 20.3 Å². The first kappa shape index (κ1) is 12.5. The van der Waals surface area contributed by atoms with E-state index in [-0.39, 0.29) is 5.91 Å². The summed E-state index contributed by atoms with van der Waals surface area (Å²) in [6, 6.07) is 9.79. The smallest absolute Gasteiger partial charge is 0.256 e. The van der Waals surface area contributed by atoms with Gasteiger partial charge in [-0.05, 0) is 29.8 Å². The third kappa shape index (κ3) is 2.09. The number of hydrogen-bond donors (Lipinski definition) is 2. The summed E-state index contributed by atoms with van der Waals surface area (Å²) >= 11 is 0. The molecule has 5 heteroatoms. The summed E-state index contributed by atoms with van der Waals surface area (Å²) in [6.45, 7) is 0. The lowest BCUT2D eigenvalue weighted by Gasteiger charge is -2.04. The van der Waals surface area contributed by atoms with E-state index in [0.717, 1.165) is 28.1 Å². The van der Waals surface area contributed by atoms with Crippen LogP contribution in [0, 0.1) is 0 Å². The maximum atomic E-state index is 12.2. The van der Waals surface area contributed by atoms with Crippen LogP contribution in [-0.4, -0.2) is 20.9 Å². The molecule has 5 nitrogen and oxygen atoms in total. The molecular weight excluding hydrogens is 276 g/mol. The van der Waals surface area contributed by atoms with Crippen LogP contribution in [0.5, 0.6) is 0 Å². The number of nitrogens with one attached hydrogen (secondary N) is 2.